The summed E-state index contributed by atoms with van der Waals surface area (Å²) in [6.07, 6.45) is 1.60. The lowest BCUT2D eigenvalue weighted by atomic mass is 10.1. The molecule has 2 rings (SSSR count). The Bertz CT molecular complexity index is 638. The molecule has 0 atom stereocenters. The smallest absolute Gasteiger partial charge is 0.252 e. The van der Waals surface area contributed by atoms with E-state index >= 15 is 0 Å². The van der Waals surface area contributed by atoms with Gasteiger partial charge in [-0.3, -0.25) is 4.79 Å². The van der Waals surface area contributed by atoms with Crippen molar-refractivity contribution in [2.45, 2.75) is 13.5 Å². The molecule has 0 fully saturated rings. The van der Waals surface area contributed by atoms with Crippen LogP contribution in [0.4, 0.5) is 5.82 Å². The van der Waals surface area contributed by atoms with Gasteiger partial charge in [-0.25, -0.2) is 4.98 Å². The molecule has 5 heteroatoms. The molecule has 0 radical (unpaired) electrons. The first-order valence-electron chi connectivity index (χ1n) is 7.73. The van der Waals surface area contributed by atoms with Gasteiger partial charge in [0.15, 0.2) is 0 Å². The molecule has 0 saturated carbocycles. The zero-order valence-electron chi connectivity index (χ0n) is 14.0. The molecule has 1 amide bonds. The molecule has 0 aliphatic heterocycles. The highest BCUT2D eigenvalue weighted by Gasteiger charge is 2.05. The number of aryl methyl sites for hydroxylation is 1. The fraction of sp³-hybridized carbons (Fsp3) is 0.333. The normalized spacial score (nSPS) is 10.6. The number of nitrogens with one attached hydrogen (secondary N) is 2. The van der Waals surface area contributed by atoms with E-state index in [1.165, 1.54) is 11.1 Å². The number of rotatable bonds is 7. The zero-order valence-corrected chi connectivity index (χ0v) is 14.0. The first kappa shape index (κ1) is 17.0. The summed E-state index contributed by atoms with van der Waals surface area (Å²) in [6, 6.07) is 12.0. The predicted octanol–water partition coefficient (Wildman–Crippen LogP) is 2.29. The molecule has 1 aromatic heterocycles. The first-order valence-corrected chi connectivity index (χ1v) is 7.73. The van der Waals surface area contributed by atoms with Gasteiger partial charge in [-0.1, -0.05) is 29.8 Å². The molecular weight excluding hydrogens is 288 g/mol. The summed E-state index contributed by atoms with van der Waals surface area (Å²) >= 11 is 0. The lowest BCUT2D eigenvalue weighted by Gasteiger charge is -2.11. The summed E-state index contributed by atoms with van der Waals surface area (Å²) in [7, 11) is 3.95. The van der Waals surface area contributed by atoms with E-state index in [4.69, 9.17) is 0 Å². The van der Waals surface area contributed by atoms with Crippen molar-refractivity contribution in [3.63, 3.8) is 0 Å². The number of carbonyl (C=O) groups is 1. The van der Waals surface area contributed by atoms with Gasteiger partial charge < -0.3 is 15.5 Å². The van der Waals surface area contributed by atoms with E-state index < -0.39 is 0 Å². The Morgan fingerprint density at radius 3 is 2.70 bits per heavy atom. The number of likely N-dealkylation sites (N-methyl/N-ethyl adjacent to an activating group) is 1. The lowest BCUT2D eigenvalue weighted by molar-refractivity contribution is 0.0950. The largest absolute Gasteiger partial charge is 0.366 e. The van der Waals surface area contributed by atoms with Crippen LogP contribution in [0.1, 0.15) is 21.5 Å². The van der Waals surface area contributed by atoms with Crippen molar-refractivity contribution >= 4 is 11.7 Å². The van der Waals surface area contributed by atoms with Crippen LogP contribution >= 0.6 is 0 Å². The molecule has 0 unspecified atom stereocenters. The van der Waals surface area contributed by atoms with Gasteiger partial charge in [0.1, 0.15) is 5.82 Å². The van der Waals surface area contributed by atoms with Gasteiger partial charge in [-0.15, -0.1) is 0 Å². The number of aromatic nitrogens is 1. The van der Waals surface area contributed by atoms with Gasteiger partial charge in [-0.05, 0) is 38.7 Å². The highest BCUT2D eigenvalue weighted by atomic mass is 16.1. The van der Waals surface area contributed by atoms with Gasteiger partial charge in [0.05, 0.1) is 5.56 Å². The van der Waals surface area contributed by atoms with Crippen LogP contribution in [0.2, 0.25) is 0 Å². The Morgan fingerprint density at radius 2 is 2.04 bits per heavy atom. The standard InChI is InChI=1S/C18H24N4O/c1-14-5-4-6-15(11-14)12-20-17-8-7-16(13-21-17)18(23)19-9-10-22(2)3/h4-8,11,13H,9-10,12H2,1-3H3,(H,19,23)(H,20,21). The van der Waals surface area contributed by atoms with Crippen molar-refractivity contribution in [1.29, 1.82) is 0 Å². The second-order valence-electron chi connectivity index (χ2n) is 5.83. The third kappa shape index (κ3) is 5.71. The van der Waals surface area contributed by atoms with E-state index in [9.17, 15) is 4.79 Å². The summed E-state index contributed by atoms with van der Waals surface area (Å²) in [5, 5.41) is 6.14. The number of amides is 1. The molecule has 1 heterocycles. The minimum absolute atomic E-state index is 0.0930. The fourth-order valence-corrected chi connectivity index (χ4v) is 2.14. The molecule has 5 nitrogen and oxygen atoms in total. The Balaban J connectivity index is 1.85. The molecule has 0 aliphatic carbocycles. The van der Waals surface area contributed by atoms with Crippen LogP contribution in [-0.4, -0.2) is 43.0 Å². The van der Waals surface area contributed by atoms with E-state index in [1.807, 2.05) is 31.1 Å². The Labute approximate surface area is 137 Å². The van der Waals surface area contributed by atoms with E-state index in [2.05, 4.69) is 40.7 Å². The predicted molar refractivity (Wildman–Crippen MR) is 93.6 cm³/mol. The van der Waals surface area contributed by atoms with Crippen molar-refractivity contribution in [3.05, 3.63) is 59.3 Å². The molecule has 23 heavy (non-hydrogen) atoms. The number of hydrogen-bond donors (Lipinski definition) is 2. The Hall–Kier alpha value is -2.40. The fourth-order valence-electron chi connectivity index (χ4n) is 2.14. The minimum Gasteiger partial charge on any atom is -0.366 e. The average molecular weight is 312 g/mol. The lowest BCUT2D eigenvalue weighted by Crippen LogP contribution is -2.31. The summed E-state index contributed by atoms with van der Waals surface area (Å²) in [5.74, 6) is 0.668. The van der Waals surface area contributed by atoms with Crippen molar-refractivity contribution in [2.75, 3.05) is 32.5 Å². The van der Waals surface area contributed by atoms with Crippen LogP contribution in [-0.2, 0) is 6.54 Å². The minimum atomic E-state index is -0.0930. The van der Waals surface area contributed by atoms with Crippen LogP contribution < -0.4 is 10.6 Å². The number of pyridine rings is 1. The monoisotopic (exact) mass is 312 g/mol. The number of benzene rings is 1. The molecule has 0 saturated heterocycles. The molecule has 0 bridgehead atoms. The van der Waals surface area contributed by atoms with Crippen LogP contribution in [0.25, 0.3) is 0 Å². The molecular formula is C18H24N4O. The molecule has 0 spiro atoms. The zero-order chi connectivity index (χ0) is 16.7. The molecule has 1 aromatic carbocycles. The van der Waals surface area contributed by atoms with Crippen molar-refractivity contribution in [1.82, 2.24) is 15.2 Å². The van der Waals surface area contributed by atoms with Gasteiger partial charge in [0, 0.05) is 25.8 Å². The van der Waals surface area contributed by atoms with Crippen molar-refractivity contribution < 1.29 is 4.79 Å². The Morgan fingerprint density at radius 1 is 1.22 bits per heavy atom. The van der Waals surface area contributed by atoms with E-state index in [0.29, 0.717) is 18.7 Å². The number of anilines is 1. The van der Waals surface area contributed by atoms with Gasteiger partial charge in [-0.2, -0.15) is 0 Å². The van der Waals surface area contributed by atoms with E-state index in [0.717, 1.165) is 12.4 Å². The van der Waals surface area contributed by atoms with E-state index in [-0.39, 0.29) is 5.91 Å². The topological polar surface area (TPSA) is 57.3 Å². The molecule has 2 aromatic rings. The summed E-state index contributed by atoms with van der Waals surface area (Å²) < 4.78 is 0. The Kier molecular flexibility index (Phi) is 6.11. The number of hydrogen-bond acceptors (Lipinski definition) is 4. The van der Waals surface area contributed by atoms with Gasteiger partial charge in [0.2, 0.25) is 0 Å². The number of carbonyl (C=O) groups excluding carboxylic acids is 1. The second kappa shape index (κ2) is 8.29. The van der Waals surface area contributed by atoms with Crippen molar-refractivity contribution in [3.8, 4) is 0 Å². The highest BCUT2D eigenvalue weighted by molar-refractivity contribution is 5.94. The van der Waals surface area contributed by atoms with Crippen LogP contribution in [0.5, 0.6) is 0 Å². The third-order valence-electron chi connectivity index (χ3n) is 3.43. The summed E-state index contributed by atoms with van der Waals surface area (Å²) in [6.45, 7) is 4.23. The van der Waals surface area contributed by atoms with Crippen LogP contribution in [0.3, 0.4) is 0 Å². The third-order valence-corrected chi connectivity index (χ3v) is 3.43. The SMILES string of the molecule is Cc1cccc(CNc2ccc(C(=O)NCCN(C)C)cn2)c1. The second-order valence-corrected chi connectivity index (χ2v) is 5.83. The van der Waals surface area contributed by atoms with E-state index in [1.54, 1.807) is 12.3 Å². The molecule has 2 N–H and O–H groups in total. The van der Waals surface area contributed by atoms with Gasteiger partial charge in [0.25, 0.3) is 5.91 Å². The first-order chi connectivity index (χ1) is 11.0. The average Bonchev–Trinajstić information content (AvgIpc) is 2.53. The van der Waals surface area contributed by atoms with Crippen LogP contribution in [0, 0.1) is 6.92 Å². The quantitative estimate of drug-likeness (QED) is 0.823. The summed E-state index contributed by atoms with van der Waals surface area (Å²) in [4.78, 5) is 18.3. The maximum atomic E-state index is 12.0. The maximum Gasteiger partial charge on any atom is 0.252 e. The molecule has 122 valence electrons. The highest BCUT2D eigenvalue weighted by Crippen LogP contribution is 2.09. The molecule has 0 aliphatic rings. The van der Waals surface area contributed by atoms with Gasteiger partial charge >= 0.3 is 0 Å². The summed E-state index contributed by atoms with van der Waals surface area (Å²) in [5.41, 5.74) is 3.02. The van der Waals surface area contributed by atoms with Crippen LogP contribution in [0.15, 0.2) is 42.6 Å². The maximum absolute atomic E-state index is 12.0. The van der Waals surface area contributed by atoms with Crippen molar-refractivity contribution in [2.24, 2.45) is 0 Å². The number of nitrogens with zero attached hydrogens (tertiary/aromatic N) is 2.